The van der Waals surface area contributed by atoms with Crippen LogP contribution in [0.3, 0.4) is 0 Å². The van der Waals surface area contributed by atoms with Crippen molar-refractivity contribution in [2.24, 2.45) is 0 Å². The van der Waals surface area contributed by atoms with Crippen LogP contribution in [-0.4, -0.2) is 33.4 Å². The van der Waals surface area contributed by atoms with Gasteiger partial charge in [0.1, 0.15) is 11.5 Å². The molecule has 0 bridgehead atoms. The number of fused-ring (bicyclic) bond motifs is 2. The average Bonchev–Trinajstić information content (AvgIpc) is 3.07. The number of aromatic nitrogens is 3. The molecular weight excluding hydrogens is 256 g/mol. The summed E-state index contributed by atoms with van der Waals surface area (Å²) in [6.45, 7) is 6.34. The van der Waals surface area contributed by atoms with Crippen LogP contribution in [0.25, 0.3) is 0 Å². The molecule has 20 heavy (non-hydrogen) atoms. The van der Waals surface area contributed by atoms with Gasteiger partial charge < -0.3 is 9.26 Å². The summed E-state index contributed by atoms with van der Waals surface area (Å²) >= 11 is 0. The lowest BCUT2D eigenvalue weighted by Crippen LogP contribution is -2.32. The van der Waals surface area contributed by atoms with E-state index in [-0.39, 0.29) is 0 Å². The first-order valence-corrected chi connectivity index (χ1v) is 7.10. The smallest absolute Gasteiger partial charge is 0.144 e. The fourth-order valence-electron chi connectivity index (χ4n) is 3.20. The third kappa shape index (κ3) is 1.96. The maximum absolute atomic E-state index is 5.52. The Morgan fingerprint density at radius 3 is 3.40 bits per heavy atom. The van der Waals surface area contributed by atoms with Gasteiger partial charge in [-0.3, -0.25) is 10.00 Å². The molecule has 0 amide bonds. The molecule has 0 fully saturated rings. The van der Waals surface area contributed by atoms with E-state index in [2.05, 4.69) is 27.2 Å². The van der Waals surface area contributed by atoms with Gasteiger partial charge in [0.05, 0.1) is 19.4 Å². The van der Waals surface area contributed by atoms with Crippen LogP contribution in [0, 0.1) is 0 Å². The Morgan fingerprint density at radius 1 is 1.50 bits per heavy atom. The highest BCUT2D eigenvalue weighted by Gasteiger charge is 2.27. The quantitative estimate of drug-likeness (QED) is 0.900. The van der Waals surface area contributed by atoms with Gasteiger partial charge in [-0.1, -0.05) is 12.1 Å². The highest BCUT2D eigenvalue weighted by atomic mass is 16.5. The molecule has 0 aromatic carbocycles. The summed E-state index contributed by atoms with van der Waals surface area (Å²) < 4.78 is 11.0. The topological polar surface area (TPSA) is 67.2 Å². The molecule has 6 nitrogen and oxygen atoms in total. The Balaban J connectivity index is 1.54. The lowest BCUT2D eigenvalue weighted by atomic mass is 9.98. The van der Waals surface area contributed by atoms with Crippen molar-refractivity contribution in [2.75, 3.05) is 13.2 Å². The first-order chi connectivity index (χ1) is 9.81. The van der Waals surface area contributed by atoms with Crippen LogP contribution in [0.5, 0.6) is 0 Å². The van der Waals surface area contributed by atoms with Crippen LogP contribution in [0.1, 0.15) is 41.1 Å². The summed E-state index contributed by atoms with van der Waals surface area (Å²) in [7, 11) is 0. The molecule has 0 saturated carbocycles. The van der Waals surface area contributed by atoms with Gasteiger partial charge in [0, 0.05) is 48.8 Å². The van der Waals surface area contributed by atoms with Gasteiger partial charge in [-0.2, -0.15) is 5.10 Å². The van der Waals surface area contributed by atoms with Crippen molar-refractivity contribution in [3.8, 4) is 0 Å². The van der Waals surface area contributed by atoms with Gasteiger partial charge >= 0.3 is 0 Å². The van der Waals surface area contributed by atoms with Crippen LogP contribution in [0.2, 0.25) is 0 Å². The molecule has 0 radical (unpaired) electrons. The number of nitrogens with one attached hydrogen (secondary N) is 1. The SMILES string of the molecule is C[C@H]1CN(Cc2noc3c2COCC3)Cc2cn[nH]c21. The number of rotatable bonds is 2. The monoisotopic (exact) mass is 274 g/mol. The number of ether oxygens (including phenoxy) is 1. The van der Waals surface area contributed by atoms with Gasteiger partial charge in [-0.15, -0.1) is 0 Å². The molecule has 2 aliphatic rings. The number of H-pyrrole nitrogens is 1. The van der Waals surface area contributed by atoms with E-state index in [1.165, 1.54) is 11.3 Å². The minimum atomic E-state index is 0.472. The second-order valence-corrected chi connectivity index (χ2v) is 5.71. The van der Waals surface area contributed by atoms with Gasteiger partial charge in [-0.25, -0.2) is 0 Å². The number of nitrogens with zero attached hydrogens (tertiary/aromatic N) is 3. The molecule has 6 heteroatoms. The summed E-state index contributed by atoms with van der Waals surface area (Å²) in [5.41, 5.74) is 4.74. The fourth-order valence-corrected chi connectivity index (χ4v) is 3.20. The largest absolute Gasteiger partial charge is 0.376 e. The molecule has 4 rings (SSSR count). The zero-order chi connectivity index (χ0) is 13.5. The minimum absolute atomic E-state index is 0.472. The molecule has 0 spiro atoms. The number of aromatic amines is 1. The zero-order valence-corrected chi connectivity index (χ0v) is 11.6. The Kier molecular flexibility index (Phi) is 2.85. The third-order valence-electron chi connectivity index (χ3n) is 4.21. The highest BCUT2D eigenvalue weighted by Crippen LogP contribution is 2.28. The zero-order valence-electron chi connectivity index (χ0n) is 11.6. The van der Waals surface area contributed by atoms with Gasteiger partial charge in [0.2, 0.25) is 0 Å². The normalized spacial score (nSPS) is 22.6. The van der Waals surface area contributed by atoms with Crippen LogP contribution in [0.15, 0.2) is 10.7 Å². The van der Waals surface area contributed by atoms with Crippen molar-refractivity contribution in [2.45, 2.75) is 39.0 Å². The maximum atomic E-state index is 5.52. The lowest BCUT2D eigenvalue weighted by molar-refractivity contribution is 0.102. The van der Waals surface area contributed by atoms with E-state index >= 15 is 0 Å². The molecule has 0 unspecified atom stereocenters. The molecule has 2 aromatic heterocycles. The molecule has 2 aromatic rings. The van der Waals surface area contributed by atoms with Gasteiger partial charge in [0.15, 0.2) is 0 Å². The molecular formula is C14H18N4O2. The summed E-state index contributed by atoms with van der Waals surface area (Å²) in [5, 5.41) is 11.5. The summed E-state index contributed by atoms with van der Waals surface area (Å²) in [5.74, 6) is 1.47. The van der Waals surface area contributed by atoms with Crippen LogP contribution in [0.4, 0.5) is 0 Å². The van der Waals surface area contributed by atoms with Gasteiger partial charge in [-0.05, 0) is 0 Å². The molecule has 0 saturated heterocycles. The second-order valence-electron chi connectivity index (χ2n) is 5.71. The second kappa shape index (κ2) is 4.71. The van der Waals surface area contributed by atoms with Gasteiger partial charge in [0.25, 0.3) is 0 Å². The number of hydrogen-bond acceptors (Lipinski definition) is 5. The van der Waals surface area contributed by atoms with E-state index in [9.17, 15) is 0 Å². The standard InChI is InChI=1S/C14H18N4O2/c1-9-5-18(6-10-4-15-16-14(9)10)7-12-11-8-19-3-2-13(11)20-17-12/h4,9H,2-3,5-8H2,1H3,(H,15,16)/t9-/m0/s1. The van der Waals surface area contributed by atoms with Crippen molar-refractivity contribution in [1.82, 2.24) is 20.3 Å². The van der Waals surface area contributed by atoms with Crippen molar-refractivity contribution < 1.29 is 9.26 Å². The van der Waals surface area contributed by atoms with E-state index in [4.69, 9.17) is 9.26 Å². The Morgan fingerprint density at radius 2 is 2.45 bits per heavy atom. The molecule has 1 N–H and O–H groups in total. The number of hydrogen-bond donors (Lipinski definition) is 1. The third-order valence-corrected chi connectivity index (χ3v) is 4.21. The Hall–Kier alpha value is -1.66. The molecule has 0 aliphatic carbocycles. The van der Waals surface area contributed by atoms with Crippen molar-refractivity contribution >= 4 is 0 Å². The summed E-state index contributed by atoms with van der Waals surface area (Å²) in [6.07, 6.45) is 2.77. The molecule has 106 valence electrons. The van der Waals surface area contributed by atoms with E-state index in [0.717, 1.165) is 49.7 Å². The fraction of sp³-hybridized carbons (Fsp3) is 0.571. The first kappa shape index (κ1) is 12.1. The predicted molar refractivity (Wildman–Crippen MR) is 71.0 cm³/mol. The van der Waals surface area contributed by atoms with E-state index in [1.807, 2.05) is 6.20 Å². The maximum Gasteiger partial charge on any atom is 0.144 e. The van der Waals surface area contributed by atoms with Crippen LogP contribution >= 0.6 is 0 Å². The Bertz CT molecular complexity index is 618. The first-order valence-electron chi connectivity index (χ1n) is 7.10. The van der Waals surface area contributed by atoms with Crippen molar-refractivity contribution in [3.05, 3.63) is 34.5 Å². The summed E-state index contributed by atoms with van der Waals surface area (Å²) in [4.78, 5) is 2.40. The molecule has 2 aliphatic heterocycles. The van der Waals surface area contributed by atoms with Crippen molar-refractivity contribution in [1.29, 1.82) is 0 Å². The highest BCUT2D eigenvalue weighted by molar-refractivity contribution is 5.26. The molecule has 1 atom stereocenters. The predicted octanol–water partition coefficient (Wildman–Crippen LogP) is 1.59. The molecule has 4 heterocycles. The van der Waals surface area contributed by atoms with E-state index < -0.39 is 0 Å². The minimum Gasteiger partial charge on any atom is -0.376 e. The van der Waals surface area contributed by atoms with E-state index in [1.54, 1.807) is 0 Å². The lowest BCUT2D eigenvalue weighted by Gasteiger charge is -2.30. The van der Waals surface area contributed by atoms with Crippen molar-refractivity contribution in [3.63, 3.8) is 0 Å². The summed E-state index contributed by atoms with van der Waals surface area (Å²) in [6, 6.07) is 0. The Labute approximate surface area is 117 Å². The van der Waals surface area contributed by atoms with Crippen LogP contribution < -0.4 is 0 Å². The van der Waals surface area contributed by atoms with E-state index in [0.29, 0.717) is 12.5 Å². The van der Waals surface area contributed by atoms with Crippen LogP contribution in [-0.2, 0) is 30.9 Å². The average molecular weight is 274 g/mol.